The minimum Gasteiger partial charge on any atom is -0.493 e. The van der Waals surface area contributed by atoms with Crippen molar-refractivity contribution in [2.75, 3.05) is 40.4 Å². The smallest absolute Gasteiger partial charge is 0.246 e. The number of piperidine rings is 1. The van der Waals surface area contributed by atoms with Crippen molar-refractivity contribution in [1.29, 1.82) is 0 Å². The van der Waals surface area contributed by atoms with Crippen molar-refractivity contribution in [2.24, 2.45) is 11.3 Å². The van der Waals surface area contributed by atoms with Crippen LogP contribution in [0, 0.1) is 11.3 Å². The first-order valence-electron chi connectivity index (χ1n) is 13.1. The number of carbonyl (C=O) groups excluding carboxylic acids is 2. The second kappa shape index (κ2) is 10.8. The molecule has 37 heavy (non-hydrogen) atoms. The van der Waals surface area contributed by atoms with E-state index < -0.39 is 0 Å². The van der Waals surface area contributed by atoms with Gasteiger partial charge in [-0.25, -0.2) is 0 Å². The minimum absolute atomic E-state index is 0.0120. The van der Waals surface area contributed by atoms with Crippen LogP contribution < -0.4 is 9.47 Å². The quantitative estimate of drug-likeness (QED) is 0.500. The Kier molecular flexibility index (Phi) is 7.47. The summed E-state index contributed by atoms with van der Waals surface area (Å²) in [5, 5.41) is 0.419. The summed E-state index contributed by atoms with van der Waals surface area (Å²) in [5.41, 5.74) is 3.62. The normalized spacial score (nSPS) is 19.0. The lowest BCUT2D eigenvalue weighted by Crippen LogP contribution is -2.45. The molecule has 2 saturated heterocycles. The lowest BCUT2D eigenvalue weighted by atomic mass is 9.77. The molecule has 0 saturated carbocycles. The number of hydrogen-bond acceptors (Lipinski definition) is 4. The first-order valence-corrected chi connectivity index (χ1v) is 13.5. The predicted molar refractivity (Wildman–Crippen MR) is 145 cm³/mol. The molecule has 0 unspecified atom stereocenters. The van der Waals surface area contributed by atoms with Crippen LogP contribution in [-0.4, -0.2) is 62.0 Å². The highest BCUT2D eigenvalue weighted by atomic mass is 35.5. The first-order chi connectivity index (χ1) is 17.9. The van der Waals surface area contributed by atoms with Crippen LogP contribution in [0.5, 0.6) is 11.5 Å². The van der Waals surface area contributed by atoms with E-state index in [2.05, 4.69) is 29.2 Å². The summed E-state index contributed by atoms with van der Waals surface area (Å²) in [7, 11) is 3.10. The summed E-state index contributed by atoms with van der Waals surface area (Å²) >= 11 is 6.46. The average Bonchev–Trinajstić information content (AvgIpc) is 3.51. The summed E-state index contributed by atoms with van der Waals surface area (Å²) in [6.07, 6.45) is 8.89. The van der Waals surface area contributed by atoms with Gasteiger partial charge in [-0.2, -0.15) is 0 Å². The van der Waals surface area contributed by atoms with Crippen LogP contribution in [0.4, 0.5) is 0 Å². The number of amides is 2. The topological polar surface area (TPSA) is 59.1 Å². The highest BCUT2D eigenvalue weighted by molar-refractivity contribution is 6.33. The fourth-order valence-electron chi connectivity index (χ4n) is 6.23. The molecule has 2 heterocycles. The summed E-state index contributed by atoms with van der Waals surface area (Å²) in [6.45, 7) is 3.07. The molecule has 0 N–H and O–H groups in total. The SMILES string of the molecule is COc1ccc(/C=C/C(=O)N2CCC3(CCN(C(=O)CC4Cc5ccccc5C4)CC3)C2)c(Cl)c1OC. The van der Waals surface area contributed by atoms with Gasteiger partial charge in [-0.3, -0.25) is 9.59 Å². The van der Waals surface area contributed by atoms with Gasteiger partial charge in [0.15, 0.2) is 11.5 Å². The summed E-state index contributed by atoms with van der Waals surface area (Å²) in [5.74, 6) is 1.70. The Labute approximate surface area is 224 Å². The molecular formula is C30H35ClN2O4. The number of nitrogens with zero attached hydrogens (tertiary/aromatic N) is 2. The van der Waals surface area contributed by atoms with Gasteiger partial charge < -0.3 is 19.3 Å². The van der Waals surface area contributed by atoms with Crippen LogP contribution in [0.15, 0.2) is 42.5 Å². The lowest BCUT2D eigenvalue weighted by molar-refractivity contribution is -0.135. The maximum Gasteiger partial charge on any atom is 0.246 e. The Bertz CT molecular complexity index is 1180. The summed E-state index contributed by atoms with van der Waals surface area (Å²) in [6, 6.07) is 12.1. The number of methoxy groups -OCH3 is 2. The minimum atomic E-state index is -0.0120. The van der Waals surface area contributed by atoms with Crippen LogP contribution in [0.2, 0.25) is 5.02 Å². The van der Waals surface area contributed by atoms with E-state index >= 15 is 0 Å². The number of rotatable bonds is 6. The van der Waals surface area contributed by atoms with Crippen molar-refractivity contribution >= 4 is 29.5 Å². The van der Waals surface area contributed by atoms with Gasteiger partial charge >= 0.3 is 0 Å². The molecule has 7 heteroatoms. The van der Waals surface area contributed by atoms with Gasteiger partial charge in [0.2, 0.25) is 11.8 Å². The molecular weight excluding hydrogens is 488 g/mol. The van der Waals surface area contributed by atoms with Crippen LogP contribution >= 0.6 is 11.6 Å². The molecule has 0 bridgehead atoms. The zero-order valence-corrected chi connectivity index (χ0v) is 22.4. The molecule has 6 nitrogen and oxygen atoms in total. The molecule has 2 aromatic carbocycles. The number of ether oxygens (including phenoxy) is 2. The van der Waals surface area contributed by atoms with E-state index in [-0.39, 0.29) is 17.2 Å². The molecule has 0 radical (unpaired) electrons. The number of carbonyl (C=O) groups is 2. The summed E-state index contributed by atoms with van der Waals surface area (Å²) in [4.78, 5) is 30.0. The van der Waals surface area contributed by atoms with Crippen molar-refractivity contribution in [1.82, 2.24) is 9.80 Å². The number of halogens is 1. The number of hydrogen-bond donors (Lipinski definition) is 0. The third kappa shape index (κ3) is 5.35. The van der Waals surface area contributed by atoms with E-state index in [4.69, 9.17) is 21.1 Å². The Hall–Kier alpha value is -2.99. The van der Waals surface area contributed by atoms with Gasteiger partial charge in [0, 0.05) is 38.7 Å². The molecule has 5 rings (SSSR count). The van der Waals surface area contributed by atoms with Gasteiger partial charge in [0.05, 0.1) is 19.2 Å². The lowest BCUT2D eigenvalue weighted by Gasteiger charge is -2.39. The highest BCUT2D eigenvalue weighted by Crippen LogP contribution is 2.41. The van der Waals surface area contributed by atoms with Crippen molar-refractivity contribution in [3.05, 3.63) is 64.2 Å². The molecule has 196 valence electrons. The molecule has 2 fully saturated rings. The van der Waals surface area contributed by atoms with Crippen molar-refractivity contribution in [3.8, 4) is 11.5 Å². The van der Waals surface area contributed by atoms with Gasteiger partial charge in [-0.15, -0.1) is 0 Å². The fourth-order valence-corrected chi connectivity index (χ4v) is 6.53. The molecule has 1 spiro atoms. The van der Waals surface area contributed by atoms with Crippen LogP contribution in [0.25, 0.3) is 6.08 Å². The van der Waals surface area contributed by atoms with Crippen LogP contribution in [0.3, 0.4) is 0 Å². The maximum atomic E-state index is 13.0. The summed E-state index contributed by atoms with van der Waals surface area (Å²) < 4.78 is 10.6. The van der Waals surface area contributed by atoms with Gasteiger partial charge in [-0.05, 0) is 78.3 Å². The van der Waals surface area contributed by atoms with Crippen molar-refractivity contribution in [3.63, 3.8) is 0 Å². The van der Waals surface area contributed by atoms with E-state index in [1.165, 1.54) is 11.1 Å². The molecule has 1 aliphatic carbocycles. The molecule has 0 aromatic heterocycles. The third-order valence-corrected chi connectivity index (χ3v) is 8.84. The molecule has 2 aliphatic heterocycles. The second-order valence-corrected chi connectivity index (χ2v) is 11.1. The Morgan fingerprint density at radius 1 is 0.973 bits per heavy atom. The standard InChI is InChI=1S/C30H35ClN2O4/c1-36-25-9-7-22(28(31)29(25)37-2)8-10-26(34)33-16-13-30(20-33)11-14-32(15-12-30)27(35)19-21-17-23-5-3-4-6-24(23)18-21/h3-10,21H,11-20H2,1-2H3/b10-8+. The Morgan fingerprint density at radius 3 is 2.24 bits per heavy atom. The van der Waals surface area contributed by atoms with Crippen LogP contribution in [-0.2, 0) is 22.4 Å². The largest absolute Gasteiger partial charge is 0.493 e. The molecule has 3 aliphatic rings. The molecule has 0 atom stereocenters. The molecule has 2 aromatic rings. The fraction of sp³-hybridized carbons (Fsp3) is 0.467. The van der Waals surface area contributed by atoms with Gasteiger partial charge in [0.25, 0.3) is 0 Å². The van der Waals surface area contributed by atoms with Crippen molar-refractivity contribution in [2.45, 2.75) is 38.5 Å². The monoisotopic (exact) mass is 522 g/mol. The molecule has 2 amide bonds. The van der Waals surface area contributed by atoms with E-state index in [0.29, 0.717) is 34.4 Å². The zero-order valence-electron chi connectivity index (χ0n) is 21.7. The predicted octanol–water partition coefficient (Wildman–Crippen LogP) is 5.02. The van der Waals surface area contributed by atoms with E-state index in [1.807, 2.05) is 11.0 Å². The first kappa shape index (κ1) is 25.7. The van der Waals surface area contributed by atoms with Gasteiger partial charge in [0.1, 0.15) is 0 Å². The number of benzene rings is 2. The van der Waals surface area contributed by atoms with Crippen LogP contribution in [0.1, 0.15) is 42.4 Å². The van der Waals surface area contributed by atoms with E-state index in [9.17, 15) is 9.59 Å². The third-order valence-electron chi connectivity index (χ3n) is 8.45. The maximum absolute atomic E-state index is 13.0. The number of fused-ring (bicyclic) bond motifs is 1. The van der Waals surface area contributed by atoms with E-state index in [1.54, 1.807) is 32.4 Å². The average molecular weight is 523 g/mol. The van der Waals surface area contributed by atoms with E-state index in [0.717, 1.165) is 58.3 Å². The second-order valence-electron chi connectivity index (χ2n) is 10.7. The Balaban J connectivity index is 1.12. The van der Waals surface area contributed by atoms with Crippen molar-refractivity contribution < 1.29 is 19.1 Å². The Morgan fingerprint density at radius 2 is 1.62 bits per heavy atom. The zero-order chi connectivity index (χ0) is 26.0. The number of likely N-dealkylation sites (tertiary alicyclic amines) is 2. The highest BCUT2D eigenvalue weighted by Gasteiger charge is 2.42. The van der Waals surface area contributed by atoms with Gasteiger partial charge in [-0.1, -0.05) is 35.9 Å².